The minimum Gasteiger partial charge on any atom is -0.479 e. The molecule has 0 bridgehead atoms. The standard InChI is InChI=1S/C25H46N6O9.Cu/c1-5-29(3)16-19(32)15-23-31(4,18-24(35)39-23)12-11-30(6-2)17-22(34)28-10-14-38-13-9-27-21(33)8-7-20(40-26)25(36)37;/h20,23H,5-18,26H2,1-4H3,(H2-,27,28,33,34,36,37);/q;+2/p+1/t20?,23-,31?;/m1./s1. The smallest absolute Gasteiger partial charge is 0.479 e. The summed E-state index contributed by atoms with van der Waals surface area (Å²) in [6.07, 6.45) is -1.68. The molecule has 1 radical (unpaired) electrons. The van der Waals surface area contributed by atoms with Crippen LogP contribution in [-0.2, 0) is 55.4 Å². The van der Waals surface area contributed by atoms with Crippen LogP contribution in [0.5, 0.6) is 0 Å². The molecule has 1 fully saturated rings. The first kappa shape index (κ1) is 38.8. The van der Waals surface area contributed by atoms with Gasteiger partial charge in [-0.2, -0.15) is 0 Å². The number of hydrogen-bond acceptors (Lipinski definition) is 11. The summed E-state index contributed by atoms with van der Waals surface area (Å²) in [6.45, 7) is 8.11. The third kappa shape index (κ3) is 15.6. The number of ether oxygens (including phenoxy) is 2. The van der Waals surface area contributed by atoms with Crippen LogP contribution in [0.25, 0.3) is 0 Å². The van der Waals surface area contributed by atoms with Crippen LogP contribution in [-0.4, -0.2) is 147 Å². The minimum absolute atomic E-state index is 0. The van der Waals surface area contributed by atoms with Gasteiger partial charge in [0.15, 0.2) is 18.4 Å². The van der Waals surface area contributed by atoms with Crippen molar-refractivity contribution in [3.8, 4) is 0 Å². The van der Waals surface area contributed by atoms with E-state index >= 15 is 0 Å². The molecule has 0 saturated carbocycles. The number of nitrogens with two attached hydrogens (primary N) is 1. The predicted octanol–water partition coefficient (Wildman–Crippen LogP) is -2.08. The first-order valence-corrected chi connectivity index (χ1v) is 13.6. The summed E-state index contributed by atoms with van der Waals surface area (Å²) in [4.78, 5) is 67.6. The fourth-order valence-corrected chi connectivity index (χ4v) is 4.08. The Morgan fingerprint density at radius 3 is 2.32 bits per heavy atom. The van der Waals surface area contributed by atoms with Gasteiger partial charge >= 0.3 is 29.0 Å². The number of rotatable bonds is 22. The summed E-state index contributed by atoms with van der Waals surface area (Å²) in [7, 11) is 3.77. The summed E-state index contributed by atoms with van der Waals surface area (Å²) < 4.78 is 11.2. The molecule has 239 valence electrons. The van der Waals surface area contributed by atoms with Crippen LogP contribution in [0.4, 0.5) is 0 Å². The summed E-state index contributed by atoms with van der Waals surface area (Å²) in [5.74, 6) is 2.83. The van der Waals surface area contributed by atoms with Gasteiger partial charge in [-0.3, -0.25) is 33.5 Å². The summed E-state index contributed by atoms with van der Waals surface area (Å²) >= 11 is 0. The molecule has 1 aliphatic rings. The molecule has 0 aliphatic carbocycles. The molecule has 1 saturated heterocycles. The van der Waals surface area contributed by atoms with Crippen molar-refractivity contribution < 1.29 is 64.9 Å². The second kappa shape index (κ2) is 20.7. The van der Waals surface area contributed by atoms with Gasteiger partial charge < -0.3 is 25.2 Å². The Kier molecular flexibility index (Phi) is 19.6. The molecule has 16 heteroatoms. The molecule has 2 unspecified atom stereocenters. The number of carboxylic acids is 1. The molecule has 5 N–H and O–H groups in total. The number of nitrogens with zero attached hydrogens (tertiary/aromatic N) is 3. The fraction of sp³-hybridized carbons (Fsp3) is 0.800. The maximum atomic E-state index is 12.4. The van der Waals surface area contributed by atoms with Crippen LogP contribution >= 0.6 is 0 Å². The van der Waals surface area contributed by atoms with Crippen LogP contribution in [0.3, 0.4) is 0 Å². The van der Waals surface area contributed by atoms with Crippen LogP contribution in [0, 0.1) is 0 Å². The summed E-state index contributed by atoms with van der Waals surface area (Å²) in [5, 5.41) is 14.2. The number of cyclic esters (lactones) is 1. The summed E-state index contributed by atoms with van der Waals surface area (Å²) in [6, 6.07) is 0. The van der Waals surface area contributed by atoms with Crippen molar-refractivity contribution in [3.05, 3.63) is 0 Å². The average molecular weight is 639 g/mol. The number of ketones is 1. The number of nitrogens with one attached hydrogen (secondary N) is 2. The van der Waals surface area contributed by atoms with E-state index in [4.69, 9.17) is 20.5 Å². The number of esters is 1. The van der Waals surface area contributed by atoms with Crippen LogP contribution in [0.1, 0.15) is 33.1 Å². The molecule has 1 rings (SSSR count). The zero-order valence-corrected chi connectivity index (χ0v) is 25.4. The molecule has 0 aromatic heterocycles. The topological polar surface area (TPSA) is 190 Å². The van der Waals surface area contributed by atoms with E-state index in [1.807, 2.05) is 37.7 Å². The summed E-state index contributed by atoms with van der Waals surface area (Å²) in [5.41, 5.74) is 0. The number of Topliss-reactive ketones (excluding diaryl/α,β-unsaturated/α-hetero) is 1. The van der Waals surface area contributed by atoms with E-state index in [1.165, 1.54) is 0 Å². The van der Waals surface area contributed by atoms with Crippen molar-refractivity contribution >= 4 is 29.5 Å². The molecular weight excluding hydrogens is 592 g/mol. The van der Waals surface area contributed by atoms with Crippen LogP contribution < -0.4 is 16.5 Å². The molecule has 0 aromatic carbocycles. The van der Waals surface area contributed by atoms with Gasteiger partial charge in [0, 0.05) is 26.1 Å². The number of carbonyl (C=O) groups excluding carboxylic acids is 4. The minimum atomic E-state index is -1.23. The van der Waals surface area contributed by atoms with Gasteiger partial charge in [-0.15, -0.1) is 0 Å². The molecule has 3 atom stereocenters. The van der Waals surface area contributed by atoms with E-state index in [-0.39, 0.29) is 92.7 Å². The number of aliphatic carboxylic acids is 1. The first-order chi connectivity index (χ1) is 18.9. The number of likely N-dealkylation sites (N-methyl/N-ethyl adjacent to an activating group) is 3. The largest absolute Gasteiger partial charge is 2.00 e. The van der Waals surface area contributed by atoms with Crippen molar-refractivity contribution in [2.45, 2.75) is 45.4 Å². The predicted molar refractivity (Wildman–Crippen MR) is 143 cm³/mol. The number of hydrogen-bond donors (Lipinski definition) is 4. The van der Waals surface area contributed by atoms with Crippen molar-refractivity contribution in [1.82, 2.24) is 20.4 Å². The van der Waals surface area contributed by atoms with Gasteiger partial charge in [-0.1, -0.05) is 13.8 Å². The van der Waals surface area contributed by atoms with E-state index in [9.17, 15) is 24.0 Å². The second-order valence-electron chi connectivity index (χ2n) is 10.1. The third-order valence-corrected chi connectivity index (χ3v) is 6.79. The molecule has 0 spiro atoms. The molecular formula is C25H47CuN6O9+3. The monoisotopic (exact) mass is 638 g/mol. The van der Waals surface area contributed by atoms with Gasteiger partial charge in [0.05, 0.1) is 46.3 Å². The first-order valence-electron chi connectivity index (χ1n) is 13.6. The third-order valence-electron chi connectivity index (χ3n) is 6.79. The molecule has 41 heavy (non-hydrogen) atoms. The van der Waals surface area contributed by atoms with Crippen LogP contribution in [0.2, 0.25) is 0 Å². The molecule has 1 aliphatic heterocycles. The Labute approximate surface area is 252 Å². The molecule has 15 nitrogen and oxygen atoms in total. The van der Waals surface area contributed by atoms with Gasteiger partial charge in [0.25, 0.3) is 0 Å². The van der Waals surface area contributed by atoms with E-state index in [1.54, 1.807) is 0 Å². The second-order valence-corrected chi connectivity index (χ2v) is 10.1. The Hall–Kier alpha value is -2.17. The van der Waals surface area contributed by atoms with Crippen molar-refractivity contribution in [3.63, 3.8) is 0 Å². The van der Waals surface area contributed by atoms with E-state index in [2.05, 4.69) is 15.5 Å². The zero-order chi connectivity index (χ0) is 30.1. The van der Waals surface area contributed by atoms with Crippen molar-refractivity contribution in [2.75, 3.05) is 86.2 Å². The maximum Gasteiger partial charge on any atom is 2.00 e. The Balaban J connectivity index is 0.0000160. The number of amides is 2. The quantitative estimate of drug-likeness (QED) is 0.0333. The van der Waals surface area contributed by atoms with Crippen molar-refractivity contribution in [2.24, 2.45) is 5.90 Å². The molecule has 2 amide bonds. The van der Waals surface area contributed by atoms with Gasteiger partial charge in [-0.25, -0.2) is 15.5 Å². The SMILES string of the molecule is CCN(C)CC(=O)C[C@H]1OC(=O)C[N+]1(C)CCN(CC)CC(=O)NCCOCCNC(=O)CCC(ON)C(=O)O.[Cu+2]. The van der Waals surface area contributed by atoms with Crippen molar-refractivity contribution in [1.29, 1.82) is 0 Å². The van der Waals surface area contributed by atoms with Gasteiger partial charge in [0.1, 0.15) is 0 Å². The fourth-order valence-electron chi connectivity index (χ4n) is 4.08. The van der Waals surface area contributed by atoms with Crippen LogP contribution in [0.15, 0.2) is 0 Å². The van der Waals surface area contributed by atoms with E-state index in [0.29, 0.717) is 37.2 Å². The zero-order valence-electron chi connectivity index (χ0n) is 24.5. The Morgan fingerprint density at radius 1 is 1.12 bits per heavy atom. The molecule has 0 aromatic rings. The normalized spacial score (nSPS) is 19.0. The maximum absolute atomic E-state index is 12.4. The van der Waals surface area contributed by atoms with E-state index in [0.717, 1.165) is 6.54 Å². The number of quaternary nitrogens is 1. The number of carboxylic acid groups (broad SMARTS) is 1. The average Bonchev–Trinajstić information content (AvgIpc) is 3.18. The number of carbonyl (C=O) groups is 5. The van der Waals surface area contributed by atoms with Gasteiger partial charge in [-0.05, 0) is 26.6 Å². The molecule has 1 heterocycles. The van der Waals surface area contributed by atoms with E-state index < -0.39 is 18.3 Å². The van der Waals surface area contributed by atoms with Gasteiger partial charge in [0.2, 0.25) is 18.0 Å². The Bertz CT molecular complexity index is 852. The Morgan fingerprint density at radius 2 is 1.76 bits per heavy atom.